The van der Waals surface area contributed by atoms with Crippen LogP contribution in [0.3, 0.4) is 0 Å². The van der Waals surface area contributed by atoms with Gasteiger partial charge in [0.25, 0.3) is 5.91 Å². The van der Waals surface area contributed by atoms with Gasteiger partial charge in [0.15, 0.2) is 0 Å². The number of nitrogens with one attached hydrogen (secondary N) is 2. The van der Waals surface area contributed by atoms with Crippen molar-refractivity contribution in [1.82, 2.24) is 15.5 Å². The fourth-order valence-electron chi connectivity index (χ4n) is 4.19. The molecule has 10 nitrogen and oxygen atoms in total. The van der Waals surface area contributed by atoms with Gasteiger partial charge in [-0.3, -0.25) is 14.4 Å². The van der Waals surface area contributed by atoms with Crippen molar-refractivity contribution >= 4 is 64.7 Å². The van der Waals surface area contributed by atoms with Gasteiger partial charge < -0.3 is 30.1 Å². The molecule has 0 bridgehead atoms. The van der Waals surface area contributed by atoms with Gasteiger partial charge in [0, 0.05) is 48.2 Å². The van der Waals surface area contributed by atoms with Gasteiger partial charge in [-0.25, -0.2) is 4.79 Å². The molecule has 41 heavy (non-hydrogen) atoms. The number of nitrogens with zero attached hydrogens (tertiary/aromatic N) is 1. The first kappa shape index (κ1) is 32.1. The molecule has 1 aliphatic rings. The van der Waals surface area contributed by atoms with E-state index in [0.717, 1.165) is 4.90 Å². The molecule has 1 heterocycles. The molecule has 220 valence electrons. The van der Waals surface area contributed by atoms with Crippen LogP contribution < -0.4 is 20.1 Å². The maximum Gasteiger partial charge on any atom is 0.328 e. The van der Waals surface area contributed by atoms with Crippen LogP contribution in [0.2, 0.25) is 10.0 Å². The number of rotatable bonds is 11. The fourth-order valence-corrected chi connectivity index (χ4v) is 5.36. The molecule has 2 aromatic rings. The number of methoxy groups -OCH3 is 2. The second-order valence-electron chi connectivity index (χ2n) is 9.13. The van der Waals surface area contributed by atoms with Crippen LogP contribution in [0.15, 0.2) is 41.3 Å². The number of carbonyl (C=O) groups is 4. The monoisotopic (exact) mass is 623 g/mol. The third-order valence-electron chi connectivity index (χ3n) is 6.57. The molecule has 0 saturated carbocycles. The summed E-state index contributed by atoms with van der Waals surface area (Å²) < 4.78 is 10.3. The second-order valence-corrected chi connectivity index (χ2v) is 10.7. The maximum atomic E-state index is 12.8. The third-order valence-corrected chi connectivity index (χ3v) is 8.36. The molecule has 0 unspecified atom stereocenters. The Labute approximate surface area is 252 Å². The van der Waals surface area contributed by atoms with E-state index in [-0.39, 0.29) is 18.0 Å². The lowest BCUT2D eigenvalue weighted by molar-refractivity contribution is -0.142. The molecule has 1 atom stereocenters. The lowest BCUT2D eigenvalue weighted by Gasteiger charge is -2.31. The number of aliphatic carboxylic acids is 1. The average Bonchev–Trinajstić information content (AvgIpc) is 2.99. The Bertz CT molecular complexity index is 1310. The molecule has 1 saturated heterocycles. The summed E-state index contributed by atoms with van der Waals surface area (Å²) in [5, 5.41) is 15.4. The number of benzene rings is 2. The molecule has 0 aromatic heterocycles. The number of halogens is 2. The zero-order valence-corrected chi connectivity index (χ0v) is 25.1. The Morgan fingerprint density at radius 1 is 1.07 bits per heavy atom. The summed E-state index contributed by atoms with van der Waals surface area (Å²) >= 11 is 14.1. The van der Waals surface area contributed by atoms with Crippen molar-refractivity contribution in [3.63, 3.8) is 0 Å². The Morgan fingerprint density at radius 3 is 2.27 bits per heavy atom. The topological polar surface area (TPSA) is 134 Å². The molecule has 3 amide bonds. The van der Waals surface area contributed by atoms with Crippen molar-refractivity contribution < 1.29 is 33.8 Å². The van der Waals surface area contributed by atoms with Gasteiger partial charge in [0.05, 0.1) is 24.3 Å². The summed E-state index contributed by atoms with van der Waals surface area (Å²) in [7, 11) is 2.89. The molecule has 2 aromatic carbocycles. The number of carbonyl (C=O) groups excluding carboxylic acids is 3. The molecule has 1 aliphatic heterocycles. The highest BCUT2D eigenvalue weighted by Crippen LogP contribution is 2.35. The van der Waals surface area contributed by atoms with E-state index in [1.807, 2.05) is 12.3 Å². The van der Waals surface area contributed by atoms with E-state index in [0.29, 0.717) is 53.0 Å². The largest absolute Gasteiger partial charge is 0.497 e. The van der Waals surface area contributed by atoms with Gasteiger partial charge >= 0.3 is 5.97 Å². The van der Waals surface area contributed by atoms with Gasteiger partial charge in [-0.05, 0) is 48.9 Å². The highest BCUT2D eigenvalue weighted by molar-refractivity contribution is 7.98. The Hall–Kier alpha value is -3.41. The summed E-state index contributed by atoms with van der Waals surface area (Å²) in [5.41, 5.74) is 0.833. The number of thioether (sulfide) groups is 1. The van der Waals surface area contributed by atoms with Crippen LogP contribution in [0, 0.1) is 5.92 Å². The number of hydrogen-bond acceptors (Lipinski definition) is 7. The van der Waals surface area contributed by atoms with Crippen molar-refractivity contribution in [2.75, 3.05) is 40.1 Å². The van der Waals surface area contributed by atoms with E-state index in [1.54, 1.807) is 23.1 Å². The highest BCUT2D eigenvalue weighted by Gasteiger charge is 2.30. The van der Waals surface area contributed by atoms with Crippen molar-refractivity contribution in [3.05, 3.63) is 57.6 Å². The predicted molar refractivity (Wildman–Crippen MR) is 158 cm³/mol. The first-order valence-corrected chi connectivity index (χ1v) is 14.6. The quantitative estimate of drug-likeness (QED) is 0.253. The Morgan fingerprint density at radius 2 is 1.71 bits per heavy atom. The first-order chi connectivity index (χ1) is 19.6. The zero-order valence-electron chi connectivity index (χ0n) is 22.7. The van der Waals surface area contributed by atoms with E-state index in [9.17, 15) is 24.3 Å². The van der Waals surface area contributed by atoms with Gasteiger partial charge in [0.2, 0.25) is 11.8 Å². The van der Waals surface area contributed by atoms with Gasteiger partial charge in [-0.1, -0.05) is 29.3 Å². The van der Waals surface area contributed by atoms with E-state index >= 15 is 0 Å². The van der Waals surface area contributed by atoms with Gasteiger partial charge in [-0.2, -0.15) is 0 Å². The molecule has 1 fully saturated rings. The zero-order chi connectivity index (χ0) is 30.1. The van der Waals surface area contributed by atoms with Crippen molar-refractivity contribution in [3.8, 4) is 11.5 Å². The van der Waals surface area contributed by atoms with Crippen molar-refractivity contribution in [2.24, 2.45) is 5.92 Å². The summed E-state index contributed by atoms with van der Waals surface area (Å²) in [6, 6.07) is 6.86. The molecule has 0 radical (unpaired) electrons. The molecule has 0 spiro atoms. The van der Waals surface area contributed by atoms with E-state index in [2.05, 4.69) is 10.6 Å². The standard InChI is InChI=1S/C28H31Cl2N3O7S/c1-39-19-12-18(13-20(14-19)40-2)26(35)31-15-21(28(37)38)32-27(36)17-8-10-33(11-9-17)23(34)7-5-16-4-6-22(41-3)25(30)24(16)29/h4-7,12-14,17,21H,8-11,15H2,1-3H3,(H,31,35)(H,32,36)(H,37,38)/t21-/m0/s1. The number of piperidine rings is 1. The molecule has 0 aliphatic carbocycles. The van der Waals surface area contributed by atoms with Crippen LogP contribution in [-0.4, -0.2) is 79.8 Å². The van der Waals surface area contributed by atoms with E-state index in [4.69, 9.17) is 32.7 Å². The summed E-state index contributed by atoms with van der Waals surface area (Å²) in [4.78, 5) is 52.4. The van der Waals surface area contributed by atoms with Crippen LogP contribution >= 0.6 is 35.0 Å². The second kappa shape index (κ2) is 15.0. The van der Waals surface area contributed by atoms with Crippen molar-refractivity contribution in [1.29, 1.82) is 0 Å². The molecule has 3 rings (SSSR count). The molecular formula is C28H31Cl2N3O7S. The van der Waals surface area contributed by atoms with Gasteiger partial charge in [-0.15, -0.1) is 11.8 Å². The van der Waals surface area contributed by atoms with Crippen LogP contribution in [-0.2, 0) is 14.4 Å². The Balaban J connectivity index is 1.52. The van der Waals surface area contributed by atoms with Crippen LogP contribution in [0.5, 0.6) is 11.5 Å². The van der Waals surface area contributed by atoms with E-state index in [1.165, 1.54) is 44.2 Å². The number of likely N-dealkylation sites (tertiary alicyclic amines) is 1. The average molecular weight is 625 g/mol. The predicted octanol–water partition coefficient (Wildman–Crippen LogP) is 3.98. The lowest BCUT2D eigenvalue weighted by atomic mass is 9.95. The number of ether oxygens (including phenoxy) is 2. The number of carboxylic acids is 1. The van der Waals surface area contributed by atoms with E-state index < -0.39 is 29.7 Å². The number of amides is 3. The summed E-state index contributed by atoms with van der Waals surface area (Å²) in [6.07, 6.45) is 5.64. The third kappa shape index (κ3) is 8.54. The maximum absolute atomic E-state index is 12.8. The van der Waals surface area contributed by atoms with Crippen LogP contribution in [0.4, 0.5) is 0 Å². The van der Waals surface area contributed by atoms with Crippen LogP contribution in [0.1, 0.15) is 28.8 Å². The summed E-state index contributed by atoms with van der Waals surface area (Å²) in [6.45, 7) is 0.326. The minimum Gasteiger partial charge on any atom is -0.497 e. The minimum atomic E-state index is -1.34. The first-order valence-electron chi connectivity index (χ1n) is 12.6. The minimum absolute atomic E-state index is 0.213. The van der Waals surface area contributed by atoms with Gasteiger partial charge in [0.1, 0.15) is 17.5 Å². The summed E-state index contributed by atoms with van der Waals surface area (Å²) in [5.74, 6) is -2.20. The normalized spacial score (nSPS) is 14.4. The fraction of sp³-hybridized carbons (Fsp3) is 0.357. The van der Waals surface area contributed by atoms with Crippen LogP contribution in [0.25, 0.3) is 6.08 Å². The molecule has 13 heteroatoms. The number of hydrogen-bond donors (Lipinski definition) is 3. The smallest absolute Gasteiger partial charge is 0.328 e. The van der Waals surface area contributed by atoms with Crippen molar-refractivity contribution in [2.45, 2.75) is 23.8 Å². The lowest BCUT2D eigenvalue weighted by Crippen LogP contribution is -2.51. The molecule has 3 N–H and O–H groups in total. The highest BCUT2D eigenvalue weighted by atomic mass is 35.5. The number of carboxylic acid groups (broad SMARTS) is 1. The molecular weight excluding hydrogens is 593 g/mol. The SMILES string of the molecule is COc1cc(OC)cc(C(=O)NC[C@H](NC(=O)C2CCN(C(=O)C=Cc3ccc(SC)c(Cl)c3Cl)CC2)C(=O)O)c1. The Kier molecular flexibility index (Phi) is 11.7.